The van der Waals surface area contributed by atoms with E-state index in [0.717, 1.165) is 5.56 Å². The summed E-state index contributed by atoms with van der Waals surface area (Å²) in [7, 11) is 1.58. The highest BCUT2D eigenvalue weighted by atomic mass is 16.7. The van der Waals surface area contributed by atoms with Gasteiger partial charge in [-0.2, -0.15) is 0 Å². The first-order valence-electron chi connectivity index (χ1n) is 10.8. The van der Waals surface area contributed by atoms with Gasteiger partial charge in [0.1, 0.15) is 6.61 Å². The summed E-state index contributed by atoms with van der Waals surface area (Å²) in [5, 5.41) is 32.8. The molecule has 0 unspecified atom stereocenters. The average molecular weight is 437 g/mol. The third-order valence-electron chi connectivity index (χ3n) is 8.01. The van der Waals surface area contributed by atoms with Crippen LogP contribution in [0.2, 0.25) is 0 Å². The van der Waals surface area contributed by atoms with E-state index in [0.29, 0.717) is 24.8 Å². The molecule has 4 rings (SSSR count). The summed E-state index contributed by atoms with van der Waals surface area (Å²) >= 11 is 0. The van der Waals surface area contributed by atoms with Gasteiger partial charge in [-0.05, 0) is 42.7 Å². The standard InChI is InChI=1S/C23H32O8/c1-13-19(26)20(27)23(12-30-14(2)25)16(10-24)5-4-6-18(23)22(13)9-17(31-21(22)28-3)15-7-8-29-11-15/h5,7-8,11,13,17-21,24,26-27H,4,6,9-10,12H2,1-3H3/t13-,17+,18-,19+,20-,21-,22-,23+/m1/s1. The van der Waals surface area contributed by atoms with E-state index in [1.807, 2.05) is 19.1 Å². The Kier molecular flexibility index (Phi) is 6.04. The first kappa shape index (κ1) is 22.5. The molecule has 31 heavy (non-hydrogen) atoms. The van der Waals surface area contributed by atoms with Gasteiger partial charge in [0.2, 0.25) is 0 Å². The predicted molar refractivity (Wildman–Crippen MR) is 109 cm³/mol. The molecule has 3 N–H and O–H groups in total. The van der Waals surface area contributed by atoms with E-state index in [4.69, 9.17) is 18.6 Å². The van der Waals surface area contributed by atoms with E-state index < -0.39 is 35.3 Å². The highest BCUT2D eigenvalue weighted by Crippen LogP contribution is 2.67. The maximum Gasteiger partial charge on any atom is 0.302 e. The van der Waals surface area contributed by atoms with Crippen molar-refractivity contribution in [3.8, 4) is 0 Å². The lowest BCUT2D eigenvalue weighted by molar-refractivity contribution is -0.267. The number of methoxy groups -OCH3 is 1. The number of furan rings is 1. The van der Waals surface area contributed by atoms with Crippen molar-refractivity contribution in [3.05, 3.63) is 35.8 Å². The largest absolute Gasteiger partial charge is 0.472 e. The molecule has 0 bridgehead atoms. The van der Waals surface area contributed by atoms with Gasteiger partial charge < -0.3 is 33.9 Å². The van der Waals surface area contributed by atoms with Gasteiger partial charge >= 0.3 is 5.97 Å². The van der Waals surface area contributed by atoms with Crippen LogP contribution in [0.15, 0.2) is 34.7 Å². The van der Waals surface area contributed by atoms with Crippen LogP contribution >= 0.6 is 0 Å². The minimum absolute atomic E-state index is 0.126. The van der Waals surface area contributed by atoms with Crippen LogP contribution in [-0.4, -0.2) is 60.1 Å². The van der Waals surface area contributed by atoms with E-state index in [2.05, 4.69) is 0 Å². The second-order valence-electron chi connectivity index (χ2n) is 9.13. The molecule has 1 aromatic rings. The van der Waals surface area contributed by atoms with E-state index in [1.54, 1.807) is 19.6 Å². The Morgan fingerprint density at radius 2 is 2.13 bits per heavy atom. The number of carbonyl (C=O) groups excluding carboxylic acids is 1. The van der Waals surface area contributed by atoms with Crippen LogP contribution in [0.1, 0.15) is 44.8 Å². The van der Waals surface area contributed by atoms with Crippen molar-refractivity contribution in [1.29, 1.82) is 0 Å². The molecule has 2 aliphatic carbocycles. The Balaban J connectivity index is 1.86. The molecule has 0 aromatic carbocycles. The fraction of sp³-hybridized carbons (Fsp3) is 0.696. The molecule has 8 heteroatoms. The Bertz CT molecular complexity index is 820. The molecule has 1 aliphatic heterocycles. The van der Waals surface area contributed by atoms with Gasteiger partial charge in [-0.15, -0.1) is 0 Å². The molecule has 0 amide bonds. The van der Waals surface area contributed by atoms with Gasteiger partial charge in [-0.3, -0.25) is 4.79 Å². The molecular weight excluding hydrogens is 404 g/mol. The van der Waals surface area contributed by atoms with Crippen LogP contribution in [-0.2, 0) is 19.0 Å². The zero-order chi connectivity index (χ0) is 22.4. The van der Waals surface area contributed by atoms with Crippen molar-refractivity contribution < 1.29 is 38.7 Å². The first-order chi connectivity index (χ1) is 14.8. The molecule has 0 radical (unpaired) electrons. The average Bonchev–Trinajstić information content (AvgIpc) is 3.43. The minimum Gasteiger partial charge on any atom is -0.472 e. The number of aliphatic hydroxyl groups excluding tert-OH is 3. The van der Waals surface area contributed by atoms with Gasteiger partial charge in [0, 0.05) is 25.0 Å². The summed E-state index contributed by atoms with van der Waals surface area (Å²) in [4.78, 5) is 11.7. The van der Waals surface area contributed by atoms with Gasteiger partial charge in [0.05, 0.1) is 42.9 Å². The molecule has 2 heterocycles. The highest BCUT2D eigenvalue weighted by Gasteiger charge is 2.71. The lowest BCUT2D eigenvalue weighted by atomic mass is 9.44. The zero-order valence-electron chi connectivity index (χ0n) is 18.2. The molecule has 2 fully saturated rings. The van der Waals surface area contributed by atoms with E-state index in [-0.39, 0.29) is 31.2 Å². The number of rotatable bonds is 5. The Morgan fingerprint density at radius 3 is 2.74 bits per heavy atom. The minimum atomic E-state index is -1.21. The Labute approximate surface area is 181 Å². The summed E-state index contributed by atoms with van der Waals surface area (Å²) in [5.74, 6) is -1.09. The lowest BCUT2D eigenvalue weighted by Crippen LogP contribution is -2.68. The Morgan fingerprint density at radius 1 is 1.35 bits per heavy atom. The van der Waals surface area contributed by atoms with Crippen molar-refractivity contribution in [2.24, 2.45) is 22.7 Å². The van der Waals surface area contributed by atoms with Crippen LogP contribution in [0.4, 0.5) is 0 Å². The molecule has 1 saturated heterocycles. The summed E-state index contributed by atoms with van der Waals surface area (Å²) < 4.78 is 22.9. The Hall–Kier alpha value is -1.71. The monoisotopic (exact) mass is 436 g/mol. The number of aliphatic hydroxyl groups is 3. The van der Waals surface area contributed by atoms with Crippen LogP contribution in [0, 0.1) is 22.7 Å². The zero-order valence-corrected chi connectivity index (χ0v) is 18.2. The third-order valence-corrected chi connectivity index (χ3v) is 8.01. The number of hydrogen-bond acceptors (Lipinski definition) is 8. The SMILES string of the molecule is CO[C@@H]1O[C@H](c2ccoc2)C[C@]12[C@H](C)[C@H](O)[C@@H](O)[C@@]1(COC(C)=O)C(CO)=CCC[C@@H]12. The summed E-state index contributed by atoms with van der Waals surface area (Å²) in [6.07, 6.45) is 3.77. The van der Waals surface area contributed by atoms with E-state index >= 15 is 0 Å². The molecule has 172 valence electrons. The maximum atomic E-state index is 11.7. The number of allylic oxidation sites excluding steroid dienone is 1. The quantitative estimate of drug-likeness (QED) is 0.473. The fourth-order valence-electron chi connectivity index (χ4n) is 6.54. The molecule has 8 atom stereocenters. The van der Waals surface area contributed by atoms with Gasteiger partial charge in [-0.1, -0.05) is 13.0 Å². The maximum absolute atomic E-state index is 11.7. The summed E-state index contributed by atoms with van der Waals surface area (Å²) in [6.45, 7) is 2.80. The van der Waals surface area contributed by atoms with Crippen molar-refractivity contribution >= 4 is 5.97 Å². The number of hydrogen-bond donors (Lipinski definition) is 3. The van der Waals surface area contributed by atoms with E-state index in [1.165, 1.54) is 6.92 Å². The number of esters is 1. The normalized spacial score (nSPS) is 42.3. The van der Waals surface area contributed by atoms with Crippen LogP contribution in [0.3, 0.4) is 0 Å². The van der Waals surface area contributed by atoms with Crippen molar-refractivity contribution in [2.75, 3.05) is 20.3 Å². The molecule has 1 saturated carbocycles. The summed E-state index contributed by atoms with van der Waals surface area (Å²) in [6, 6.07) is 1.85. The molecule has 3 aliphatic rings. The van der Waals surface area contributed by atoms with Crippen molar-refractivity contribution in [1.82, 2.24) is 0 Å². The molecular formula is C23H32O8. The fourth-order valence-corrected chi connectivity index (χ4v) is 6.54. The third kappa shape index (κ3) is 3.19. The molecule has 8 nitrogen and oxygen atoms in total. The van der Waals surface area contributed by atoms with Crippen LogP contribution in [0.25, 0.3) is 0 Å². The van der Waals surface area contributed by atoms with Gasteiger partial charge in [-0.25, -0.2) is 0 Å². The highest BCUT2D eigenvalue weighted by molar-refractivity contribution is 5.66. The van der Waals surface area contributed by atoms with Crippen LogP contribution < -0.4 is 0 Å². The predicted octanol–water partition coefficient (Wildman–Crippen LogP) is 1.95. The lowest BCUT2D eigenvalue weighted by Gasteiger charge is -2.62. The summed E-state index contributed by atoms with van der Waals surface area (Å²) in [5.41, 5.74) is -0.337. The number of fused-ring (bicyclic) bond motifs is 2. The van der Waals surface area contributed by atoms with Crippen molar-refractivity contribution in [3.63, 3.8) is 0 Å². The van der Waals surface area contributed by atoms with Crippen molar-refractivity contribution in [2.45, 2.75) is 57.7 Å². The number of ether oxygens (including phenoxy) is 3. The van der Waals surface area contributed by atoms with Gasteiger partial charge in [0.25, 0.3) is 0 Å². The second-order valence-corrected chi connectivity index (χ2v) is 9.13. The molecule has 1 spiro atoms. The number of carbonyl (C=O) groups is 1. The van der Waals surface area contributed by atoms with Crippen LogP contribution in [0.5, 0.6) is 0 Å². The second kappa shape index (κ2) is 8.33. The first-order valence-corrected chi connectivity index (χ1v) is 10.8. The van der Waals surface area contributed by atoms with E-state index in [9.17, 15) is 20.1 Å². The molecule has 1 aromatic heterocycles. The smallest absolute Gasteiger partial charge is 0.302 e. The topological polar surface area (TPSA) is 119 Å². The van der Waals surface area contributed by atoms with Gasteiger partial charge in [0.15, 0.2) is 6.29 Å².